The monoisotopic (exact) mass is 383 g/mol. The van der Waals surface area contributed by atoms with Crippen LogP contribution < -0.4 is 4.74 Å². The fourth-order valence-corrected chi connectivity index (χ4v) is 2.99. The molecule has 0 amide bonds. The van der Waals surface area contributed by atoms with Gasteiger partial charge in [-0.3, -0.25) is 4.90 Å². The van der Waals surface area contributed by atoms with Gasteiger partial charge in [-0.1, -0.05) is 41.9 Å². The molecule has 0 aromatic heterocycles. The summed E-state index contributed by atoms with van der Waals surface area (Å²) in [6.45, 7) is 3.69. The summed E-state index contributed by atoms with van der Waals surface area (Å²) in [5, 5.41) is 9.79. The summed E-state index contributed by atoms with van der Waals surface area (Å²) in [5.74, 6) is 0.807. The van der Waals surface area contributed by atoms with Crippen molar-refractivity contribution >= 4 is 24.0 Å². The SMILES string of the molecule is Cl.OCCN1CCOC(c2ccc(OCc3ccccc3Cl)cc2)C1. The number of aliphatic hydroxyl groups excluding tert-OH is 1. The van der Waals surface area contributed by atoms with E-state index in [0.29, 0.717) is 24.8 Å². The molecule has 2 aromatic carbocycles. The van der Waals surface area contributed by atoms with E-state index in [0.717, 1.165) is 30.0 Å². The lowest BCUT2D eigenvalue weighted by atomic mass is 10.1. The van der Waals surface area contributed by atoms with Gasteiger partial charge in [0.2, 0.25) is 0 Å². The fraction of sp³-hybridized carbons (Fsp3) is 0.368. The van der Waals surface area contributed by atoms with Crippen LogP contribution in [0.3, 0.4) is 0 Å². The van der Waals surface area contributed by atoms with Crippen molar-refractivity contribution in [3.63, 3.8) is 0 Å². The van der Waals surface area contributed by atoms with Crippen LogP contribution in [0.4, 0.5) is 0 Å². The number of halogens is 2. The summed E-state index contributed by atoms with van der Waals surface area (Å²) >= 11 is 6.14. The Morgan fingerprint density at radius 1 is 1.16 bits per heavy atom. The van der Waals surface area contributed by atoms with Crippen LogP contribution in [-0.4, -0.2) is 42.9 Å². The average Bonchev–Trinajstić information content (AvgIpc) is 2.62. The van der Waals surface area contributed by atoms with Gasteiger partial charge in [0, 0.05) is 30.2 Å². The molecule has 1 aliphatic heterocycles. The molecule has 1 N–H and O–H groups in total. The summed E-state index contributed by atoms with van der Waals surface area (Å²) in [6, 6.07) is 15.7. The second-order valence-corrected chi connectivity index (χ2v) is 6.24. The van der Waals surface area contributed by atoms with E-state index in [2.05, 4.69) is 4.90 Å². The Labute approximate surface area is 159 Å². The molecule has 1 unspecified atom stereocenters. The zero-order valence-corrected chi connectivity index (χ0v) is 15.5. The maximum Gasteiger partial charge on any atom is 0.119 e. The Hall–Kier alpha value is -1.30. The molecule has 0 saturated carbocycles. The van der Waals surface area contributed by atoms with Gasteiger partial charge in [-0.05, 0) is 23.8 Å². The van der Waals surface area contributed by atoms with Gasteiger partial charge in [0.1, 0.15) is 12.4 Å². The largest absolute Gasteiger partial charge is 0.489 e. The van der Waals surface area contributed by atoms with Crippen LogP contribution >= 0.6 is 24.0 Å². The molecule has 0 bridgehead atoms. The van der Waals surface area contributed by atoms with Crippen molar-refractivity contribution in [1.82, 2.24) is 4.90 Å². The molecule has 2 aromatic rings. The highest BCUT2D eigenvalue weighted by atomic mass is 35.5. The van der Waals surface area contributed by atoms with Gasteiger partial charge < -0.3 is 14.6 Å². The first kappa shape index (κ1) is 20.0. The smallest absolute Gasteiger partial charge is 0.119 e. The Bertz CT molecular complexity index is 649. The Balaban J connectivity index is 0.00000225. The van der Waals surface area contributed by atoms with Crippen LogP contribution in [0.25, 0.3) is 0 Å². The van der Waals surface area contributed by atoms with Gasteiger partial charge in [0.15, 0.2) is 0 Å². The number of benzene rings is 2. The maximum atomic E-state index is 9.08. The van der Waals surface area contributed by atoms with E-state index >= 15 is 0 Å². The molecule has 1 fully saturated rings. The van der Waals surface area contributed by atoms with Crippen molar-refractivity contribution in [2.75, 3.05) is 32.8 Å². The summed E-state index contributed by atoms with van der Waals surface area (Å²) in [4.78, 5) is 2.22. The molecule has 0 spiro atoms. The maximum absolute atomic E-state index is 9.08. The molecule has 4 nitrogen and oxygen atoms in total. The minimum Gasteiger partial charge on any atom is -0.489 e. The standard InChI is InChI=1S/C19H22ClNO3.ClH/c20-18-4-2-1-3-16(18)14-24-17-7-5-15(6-8-17)19-13-21(9-11-22)10-12-23-19;/h1-8,19,22H,9-14H2;1H. The van der Waals surface area contributed by atoms with Crippen molar-refractivity contribution < 1.29 is 14.6 Å². The highest BCUT2D eigenvalue weighted by Crippen LogP contribution is 2.25. The van der Waals surface area contributed by atoms with Crippen molar-refractivity contribution in [2.45, 2.75) is 12.7 Å². The second-order valence-electron chi connectivity index (χ2n) is 5.83. The van der Waals surface area contributed by atoms with Crippen LogP contribution in [0.2, 0.25) is 5.02 Å². The quantitative estimate of drug-likeness (QED) is 0.825. The van der Waals surface area contributed by atoms with E-state index in [9.17, 15) is 0 Å². The lowest BCUT2D eigenvalue weighted by Gasteiger charge is -2.32. The van der Waals surface area contributed by atoms with E-state index in [4.69, 9.17) is 26.2 Å². The van der Waals surface area contributed by atoms with Crippen LogP contribution in [-0.2, 0) is 11.3 Å². The second kappa shape index (κ2) is 10.00. The van der Waals surface area contributed by atoms with Gasteiger partial charge in [0.25, 0.3) is 0 Å². The van der Waals surface area contributed by atoms with E-state index in [-0.39, 0.29) is 25.1 Å². The topological polar surface area (TPSA) is 41.9 Å². The van der Waals surface area contributed by atoms with Crippen molar-refractivity contribution in [1.29, 1.82) is 0 Å². The lowest BCUT2D eigenvalue weighted by molar-refractivity contribution is -0.0338. The van der Waals surface area contributed by atoms with Crippen molar-refractivity contribution in [3.05, 3.63) is 64.7 Å². The molecule has 3 rings (SSSR count). The highest BCUT2D eigenvalue weighted by Gasteiger charge is 2.21. The van der Waals surface area contributed by atoms with Gasteiger partial charge in [-0.2, -0.15) is 0 Å². The lowest BCUT2D eigenvalue weighted by Crippen LogP contribution is -2.39. The Morgan fingerprint density at radius 3 is 2.64 bits per heavy atom. The average molecular weight is 384 g/mol. The summed E-state index contributed by atoms with van der Waals surface area (Å²) in [7, 11) is 0. The number of hydrogen-bond donors (Lipinski definition) is 1. The molecule has 1 saturated heterocycles. The number of rotatable bonds is 6. The summed E-state index contributed by atoms with van der Waals surface area (Å²) in [5.41, 5.74) is 2.10. The first-order valence-corrected chi connectivity index (χ1v) is 8.55. The van der Waals surface area contributed by atoms with Crippen LogP contribution in [0.5, 0.6) is 5.75 Å². The van der Waals surface area contributed by atoms with E-state index in [1.165, 1.54) is 0 Å². The number of ether oxygens (including phenoxy) is 2. The Morgan fingerprint density at radius 2 is 1.92 bits per heavy atom. The number of hydrogen-bond acceptors (Lipinski definition) is 4. The molecule has 0 radical (unpaired) electrons. The normalized spacial score (nSPS) is 17.8. The molecule has 25 heavy (non-hydrogen) atoms. The van der Waals surface area contributed by atoms with E-state index < -0.39 is 0 Å². The van der Waals surface area contributed by atoms with Gasteiger partial charge in [-0.25, -0.2) is 0 Å². The highest BCUT2D eigenvalue weighted by molar-refractivity contribution is 6.31. The first-order valence-electron chi connectivity index (χ1n) is 8.17. The zero-order chi connectivity index (χ0) is 16.8. The third kappa shape index (κ3) is 5.59. The predicted molar refractivity (Wildman–Crippen MR) is 102 cm³/mol. The minimum absolute atomic E-state index is 0. The minimum atomic E-state index is 0. The van der Waals surface area contributed by atoms with Crippen molar-refractivity contribution in [2.24, 2.45) is 0 Å². The predicted octanol–water partition coefficient (Wildman–Crippen LogP) is 3.71. The van der Waals surface area contributed by atoms with E-state index in [1.54, 1.807) is 0 Å². The third-order valence-corrected chi connectivity index (χ3v) is 4.54. The molecular weight excluding hydrogens is 361 g/mol. The van der Waals surface area contributed by atoms with Gasteiger partial charge in [0.05, 0.1) is 19.3 Å². The number of β-amino-alcohol motifs (C(OH)–C–C–N with tert-alkyl or cyclic N) is 1. The molecule has 1 heterocycles. The first-order chi connectivity index (χ1) is 11.8. The molecular formula is C19H23Cl2NO3. The summed E-state index contributed by atoms with van der Waals surface area (Å²) < 4.78 is 11.7. The number of aliphatic hydroxyl groups is 1. The molecule has 1 atom stereocenters. The van der Waals surface area contributed by atoms with Gasteiger partial charge >= 0.3 is 0 Å². The number of nitrogens with zero attached hydrogens (tertiary/aromatic N) is 1. The zero-order valence-electron chi connectivity index (χ0n) is 13.9. The summed E-state index contributed by atoms with van der Waals surface area (Å²) in [6.07, 6.45) is 0.0444. The van der Waals surface area contributed by atoms with E-state index in [1.807, 2.05) is 48.5 Å². The van der Waals surface area contributed by atoms with Crippen LogP contribution in [0.15, 0.2) is 48.5 Å². The fourth-order valence-electron chi connectivity index (χ4n) is 2.80. The van der Waals surface area contributed by atoms with Crippen molar-refractivity contribution in [3.8, 4) is 5.75 Å². The van der Waals surface area contributed by atoms with Gasteiger partial charge in [-0.15, -0.1) is 12.4 Å². The molecule has 0 aliphatic carbocycles. The Kier molecular flexibility index (Phi) is 8.00. The third-order valence-electron chi connectivity index (χ3n) is 4.17. The molecule has 136 valence electrons. The number of morpholine rings is 1. The van der Waals surface area contributed by atoms with Crippen LogP contribution in [0, 0.1) is 0 Å². The van der Waals surface area contributed by atoms with Crippen LogP contribution in [0.1, 0.15) is 17.2 Å². The molecule has 1 aliphatic rings. The molecule has 6 heteroatoms.